The standard InChI is InChI=1S/C21H13F7N4O2S/c22-12-6-8-13(9-7-12)32-15-14(16(33)30-18(32)35-10-11-4-2-1-3-5-11)19(20(23,24)25,21(26,27)28)31-17(34)29-15/h1-9H,10H2,(H2,29,31,34). The van der Waals surface area contributed by atoms with Crippen LogP contribution in [0.25, 0.3) is 5.69 Å². The van der Waals surface area contributed by atoms with E-state index >= 15 is 0 Å². The highest BCUT2D eigenvalue weighted by Gasteiger charge is 2.76. The highest BCUT2D eigenvalue weighted by atomic mass is 32.2. The number of fused-ring (bicyclic) bond motifs is 1. The molecule has 2 N–H and O–H groups in total. The van der Waals surface area contributed by atoms with E-state index in [2.05, 4.69) is 4.98 Å². The fourth-order valence-corrected chi connectivity index (χ4v) is 4.53. The SMILES string of the molecule is O=C1Nc2c(c(=O)nc(SCc3ccccc3)n2-c2ccc(F)cc2)C(C(F)(F)F)(C(F)(F)F)N1. The van der Waals surface area contributed by atoms with Crippen LogP contribution < -0.4 is 16.2 Å². The van der Waals surface area contributed by atoms with Gasteiger partial charge in [-0.25, -0.2) is 9.18 Å². The molecular formula is C21H13F7N4O2S. The summed E-state index contributed by atoms with van der Waals surface area (Å²) in [6, 6.07) is 10.7. The molecule has 1 aliphatic heterocycles. The molecule has 1 aliphatic rings. The lowest BCUT2D eigenvalue weighted by atomic mass is 9.87. The Morgan fingerprint density at radius 3 is 2.09 bits per heavy atom. The molecule has 2 amide bonds. The van der Waals surface area contributed by atoms with Crippen molar-refractivity contribution in [3.05, 3.63) is 81.9 Å². The minimum absolute atomic E-state index is 0.128. The number of nitrogens with zero attached hydrogens (tertiary/aromatic N) is 2. The van der Waals surface area contributed by atoms with Gasteiger partial charge in [0.15, 0.2) is 5.16 Å². The number of aromatic nitrogens is 2. The van der Waals surface area contributed by atoms with Crippen LogP contribution in [-0.2, 0) is 11.3 Å². The van der Waals surface area contributed by atoms with Crippen molar-refractivity contribution in [1.29, 1.82) is 0 Å². The number of hydrogen-bond donors (Lipinski definition) is 2. The highest BCUT2D eigenvalue weighted by Crippen LogP contribution is 2.52. The van der Waals surface area contributed by atoms with E-state index in [1.54, 1.807) is 30.3 Å². The first-order valence-corrected chi connectivity index (χ1v) is 10.7. The molecule has 0 atom stereocenters. The summed E-state index contributed by atoms with van der Waals surface area (Å²) < 4.78 is 98.2. The Labute approximate surface area is 196 Å². The first-order valence-electron chi connectivity index (χ1n) is 9.68. The van der Waals surface area contributed by atoms with Crippen LogP contribution in [0.1, 0.15) is 11.1 Å². The summed E-state index contributed by atoms with van der Waals surface area (Å²) in [6.07, 6.45) is -12.3. The van der Waals surface area contributed by atoms with E-state index in [4.69, 9.17) is 0 Å². The van der Waals surface area contributed by atoms with Crippen molar-refractivity contribution in [3.63, 3.8) is 0 Å². The first-order chi connectivity index (χ1) is 16.3. The Morgan fingerprint density at radius 2 is 1.51 bits per heavy atom. The molecule has 6 nitrogen and oxygen atoms in total. The number of rotatable bonds is 4. The second-order valence-electron chi connectivity index (χ2n) is 7.33. The van der Waals surface area contributed by atoms with Crippen LogP contribution in [0.3, 0.4) is 0 Å². The zero-order chi connectivity index (χ0) is 25.6. The number of benzene rings is 2. The van der Waals surface area contributed by atoms with Gasteiger partial charge in [0.2, 0.25) is 0 Å². The van der Waals surface area contributed by atoms with Crippen LogP contribution in [0.4, 0.5) is 41.3 Å². The summed E-state index contributed by atoms with van der Waals surface area (Å²) in [4.78, 5) is 28.4. The maximum absolute atomic E-state index is 14.0. The normalized spacial score (nSPS) is 15.2. The van der Waals surface area contributed by atoms with Crippen molar-refractivity contribution in [2.45, 2.75) is 28.8 Å². The van der Waals surface area contributed by atoms with Gasteiger partial charge >= 0.3 is 18.4 Å². The maximum Gasteiger partial charge on any atom is 0.425 e. The van der Waals surface area contributed by atoms with Gasteiger partial charge in [0, 0.05) is 11.4 Å². The van der Waals surface area contributed by atoms with E-state index in [0.717, 1.165) is 45.9 Å². The number of alkyl halides is 6. The van der Waals surface area contributed by atoms with Crippen LogP contribution >= 0.6 is 11.8 Å². The smallest absolute Gasteiger partial charge is 0.312 e. The summed E-state index contributed by atoms with van der Waals surface area (Å²) in [5.74, 6) is -1.69. The van der Waals surface area contributed by atoms with Crippen LogP contribution in [-0.4, -0.2) is 27.9 Å². The number of urea groups is 1. The van der Waals surface area contributed by atoms with Gasteiger partial charge < -0.3 is 5.32 Å². The lowest BCUT2D eigenvalue weighted by Crippen LogP contribution is -2.69. The molecule has 0 radical (unpaired) electrons. The molecule has 0 saturated carbocycles. The number of anilines is 1. The summed E-state index contributed by atoms with van der Waals surface area (Å²) in [5.41, 5.74) is -8.14. The van der Waals surface area contributed by atoms with Crippen LogP contribution in [0.15, 0.2) is 64.5 Å². The predicted molar refractivity (Wildman–Crippen MR) is 112 cm³/mol. The molecule has 2 heterocycles. The minimum Gasteiger partial charge on any atom is -0.312 e. The van der Waals surface area contributed by atoms with Crippen molar-refractivity contribution >= 4 is 23.6 Å². The highest BCUT2D eigenvalue weighted by molar-refractivity contribution is 7.98. The van der Waals surface area contributed by atoms with Gasteiger partial charge in [-0.15, -0.1) is 0 Å². The zero-order valence-electron chi connectivity index (χ0n) is 17.2. The molecule has 2 aromatic carbocycles. The Balaban J connectivity index is 2.03. The second-order valence-corrected chi connectivity index (χ2v) is 8.28. The summed E-state index contributed by atoms with van der Waals surface area (Å²) in [6.45, 7) is 0. The summed E-state index contributed by atoms with van der Waals surface area (Å²) in [5, 5.41) is 2.42. The van der Waals surface area contributed by atoms with Crippen molar-refractivity contribution in [3.8, 4) is 5.69 Å². The minimum atomic E-state index is -6.15. The van der Waals surface area contributed by atoms with E-state index < -0.39 is 46.7 Å². The second kappa shape index (κ2) is 8.59. The molecule has 0 aliphatic carbocycles. The molecule has 0 spiro atoms. The molecule has 4 rings (SSSR count). The van der Waals surface area contributed by atoms with Gasteiger partial charge in [0.1, 0.15) is 17.2 Å². The number of nitrogens with one attached hydrogen (secondary N) is 2. The zero-order valence-corrected chi connectivity index (χ0v) is 18.0. The van der Waals surface area contributed by atoms with Gasteiger partial charge in [0.25, 0.3) is 11.1 Å². The Hall–Kier alpha value is -3.55. The van der Waals surface area contributed by atoms with E-state index in [9.17, 15) is 40.3 Å². The average molecular weight is 518 g/mol. The average Bonchev–Trinajstić information content (AvgIpc) is 2.77. The number of carbonyl (C=O) groups is 1. The quantitative estimate of drug-likeness (QED) is 0.286. The van der Waals surface area contributed by atoms with Crippen molar-refractivity contribution in [1.82, 2.24) is 14.9 Å². The molecule has 0 saturated heterocycles. The molecule has 184 valence electrons. The van der Waals surface area contributed by atoms with Crippen molar-refractivity contribution in [2.75, 3.05) is 5.32 Å². The molecule has 3 aromatic rings. The fraction of sp³-hybridized carbons (Fsp3) is 0.190. The first kappa shape index (κ1) is 24.6. The molecular weight excluding hydrogens is 505 g/mol. The van der Waals surface area contributed by atoms with Crippen molar-refractivity contribution < 1.29 is 35.5 Å². The number of hydrogen-bond acceptors (Lipinski definition) is 4. The summed E-state index contributed by atoms with van der Waals surface area (Å²) >= 11 is 0.826. The number of halogens is 7. The molecule has 0 unspecified atom stereocenters. The molecule has 0 fully saturated rings. The molecule has 14 heteroatoms. The van der Waals surface area contributed by atoms with E-state index in [-0.39, 0.29) is 16.6 Å². The van der Waals surface area contributed by atoms with Gasteiger partial charge in [-0.1, -0.05) is 42.1 Å². The molecule has 0 bridgehead atoms. The summed E-state index contributed by atoms with van der Waals surface area (Å²) in [7, 11) is 0. The maximum atomic E-state index is 14.0. The van der Waals surface area contributed by atoms with Crippen molar-refractivity contribution in [2.24, 2.45) is 0 Å². The molecule has 1 aromatic heterocycles. The van der Waals surface area contributed by atoms with E-state index in [0.29, 0.717) is 5.56 Å². The van der Waals surface area contributed by atoms with Gasteiger partial charge in [-0.05, 0) is 29.8 Å². The number of carbonyl (C=O) groups excluding carboxylic acids is 1. The third kappa shape index (κ3) is 4.22. The Morgan fingerprint density at radius 1 is 0.914 bits per heavy atom. The molecule has 35 heavy (non-hydrogen) atoms. The number of thioether (sulfide) groups is 1. The predicted octanol–water partition coefficient (Wildman–Crippen LogP) is 5.12. The van der Waals surface area contributed by atoms with Crippen LogP contribution in [0.5, 0.6) is 0 Å². The third-order valence-electron chi connectivity index (χ3n) is 5.12. The van der Waals surface area contributed by atoms with E-state index in [1.165, 1.54) is 0 Å². The van der Waals surface area contributed by atoms with Crippen LogP contribution in [0.2, 0.25) is 0 Å². The Bertz CT molecular complexity index is 1310. The fourth-order valence-electron chi connectivity index (χ4n) is 3.56. The van der Waals surface area contributed by atoms with Gasteiger partial charge in [-0.3, -0.25) is 14.7 Å². The monoisotopic (exact) mass is 518 g/mol. The van der Waals surface area contributed by atoms with E-state index in [1.807, 2.05) is 5.32 Å². The Kier molecular flexibility index (Phi) is 6.03. The largest absolute Gasteiger partial charge is 0.425 e. The van der Waals surface area contributed by atoms with Gasteiger partial charge in [0.05, 0.1) is 0 Å². The van der Waals surface area contributed by atoms with Crippen LogP contribution in [0, 0.1) is 5.82 Å². The van der Waals surface area contributed by atoms with Gasteiger partial charge in [-0.2, -0.15) is 31.3 Å². The third-order valence-corrected chi connectivity index (χ3v) is 6.13. The lowest BCUT2D eigenvalue weighted by Gasteiger charge is -2.41. The number of amides is 2. The topological polar surface area (TPSA) is 76.0 Å². The lowest BCUT2D eigenvalue weighted by molar-refractivity contribution is -0.310.